The highest BCUT2D eigenvalue weighted by atomic mass is 32.2. The number of pyridine rings is 1. The number of aromatic nitrogens is 1. The van der Waals surface area contributed by atoms with Gasteiger partial charge in [0.05, 0.1) is 6.42 Å². The second-order valence-corrected chi connectivity index (χ2v) is 7.38. The SMILES string of the molecule is CSc1ccc(CC(=O)NC2CCN(Cc3cccnc3)CC2)cc1. The molecule has 3 rings (SSSR count). The number of amides is 1. The van der Waals surface area contributed by atoms with Gasteiger partial charge in [0.1, 0.15) is 0 Å². The van der Waals surface area contributed by atoms with Gasteiger partial charge >= 0.3 is 0 Å². The minimum absolute atomic E-state index is 0.127. The van der Waals surface area contributed by atoms with Gasteiger partial charge in [-0.3, -0.25) is 14.7 Å². The van der Waals surface area contributed by atoms with Gasteiger partial charge < -0.3 is 5.32 Å². The van der Waals surface area contributed by atoms with E-state index in [0.29, 0.717) is 12.5 Å². The van der Waals surface area contributed by atoms with Gasteiger partial charge in [-0.2, -0.15) is 0 Å². The number of likely N-dealkylation sites (tertiary alicyclic amines) is 1. The molecule has 1 fully saturated rings. The molecule has 1 aliphatic heterocycles. The minimum Gasteiger partial charge on any atom is -0.353 e. The van der Waals surface area contributed by atoms with Gasteiger partial charge in [-0.25, -0.2) is 0 Å². The van der Waals surface area contributed by atoms with Gasteiger partial charge in [0, 0.05) is 43.0 Å². The number of hydrogen-bond acceptors (Lipinski definition) is 4. The predicted octanol–water partition coefficient (Wildman–Crippen LogP) is 3.13. The summed E-state index contributed by atoms with van der Waals surface area (Å²) in [6, 6.07) is 12.6. The average Bonchev–Trinajstić information content (AvgIpc) is 2.65. The zero-order valence-corrected chi connectivity index (χ0v) is 15.5. The fourth-order valence-corrected chi connectivity index (χ4v) is 3.60. The molecule has 1 N–H and O–H groups in total. The summed E-state index contributed by atoms with van der Waals surface area (Å²) in [6.45, 7) is 2.97. The summed E-state index contributed by atoms with van der Waals surface area (Å²) in [6.07, 6.45) is 8.28. The molecule has 132 valence electrons. The van der Waals surface area contributed by atoms with Crippen molar-refractivity contribution in [2.24, 2.45) is 0 Å². The normalized spacial score (nSPS) is 15.9. The van der Waals surface area contributed by atoms with Crippen LogP contribution >= 0.6 is 11.8 Å². The van der Waals surface area contributed by atoms with Crippen molar-refractivity contribution in [3.8, 4) is 0 Å². The minimum atomic E-state index is 0.127. The smallest absolute Gasteiger partial charge is 0.224 e. The van der Waals surface area contributed by atoms with Crippen molar-refractivity contribution in [3.63, 3.8) is 0 Å². The summed E-state index contributed by atoms with van der Waals surface area (Å²) in [5.41, 5.74) is 2.32. The maximum absolute atomic E-state index is 12.3. The number of nitrogens with zero attached hydrogens (tertiary/aromatic N) is 2. The molecule has 0 radical (unpaired) electrons. The lowest BCUT2D eigenvalue weighted by atomic mass is 10.0. The maximum Gasteiger partial charge on any atom is 0.224 e. The van der Waals surface area contributed by atoms with Gasteiger partial charge in [0.25, 0.3) is 0 Å². The Morgan fingerprint density at radius 3 is 2.60 bits per heavy atom. The number of carbonyl (C=O) groups excluding carboxylic acids is 1. The first-order chi connectivity index (χ1) is 12.2. The fourth-order valence-electron chi connectivity index (χ4n) is 3.19. The predicted molar refractivity (Wildman–Crippen MR) is 103 cm³/mol. The van der Waals surface area contributed by atoms with Crippen LogP contribution in [-0.2, 0) is 17.8 Å². The number of benzene rings is 1. The molecule has 0 atom stereocenters. The van der Waals surface area contributed by atoms with Gasteiger partial charge in [-0.15, -0.1) is 11.8 Å². The Bertz CT molecular complexity index is 667. The van der Waals surface area contributed by atoms with Crippen molar-refractivity contribution >= 4 is 17.7 Å². The van der Waals surface area contributed by atoms with E-state index in [0.717, 1.165) is 38.0 Å². The second kappa shape index (κ2) is 9.02. The molecule has 0 unspecified atom stereocenters. The topological polar surface area (TPSA) is 45.2 Å². The van der Waals surface area contributed by atoms with Gasteiger partial charge in [-0.05, 0) is 48.4 Å². The Labute approximate surface area is 154 Å². The van der Waals surface area contributed by atoms with Crippen LogP contribution in [0.5, 0.6) is 0 Å². The van der Waals surface area contributed by atoms with E-state index in [1.54, 1.807) is 18.0 Å². The van der Waals surface area contributed by atoms with Crippen molar-refractivity contribution in [2.45, 2.75) is 36.7 Å². The molecule has 0 aliphatic carbocycles. The van der Waals surface area contributed by atoms with E-state index in [9.17, 15) is 4.79 Å². The lowest BCUT2D eigenvalue weighted by Crippen LogP contribution is -2.44. The molecule has 4 nitrogen and oxygen atoms in total. The quantitative estimate of drug-likeness (QED) is 0.809. The lowest BCUT2D eigenvalue weighted by Gasteiger charge is -2.32. The van der Waals surface area contributed by atoms with Crippen LogP contribution in [0.4, 0.5) is 0 Å². The number of piperidine rings is 1. The largest absolute Gasteiger partial charge is 0.353 e. The number of nitrogens with one attached hydrogen (secondary N) is 1. The number of rotatable bonds is 6. The van der Waals surface area contributed by atoms with E-state index in [2.05, 4.69) is 39.7 Å². The first kappa shape index (κ1) is 18.0. The van der Waals surface area contributed by atoms with Crippen LogP contribution in [-0.4, -0.2) is 41.2 Å². The highest BCUT2D eigenvalue weighted by Gasteiger charge is 2.20. The summed E-state index contributed by atoms with van der Waals surface area (Å²) in [4.78, 5) is 20.1. The number of carbonyl (C=O) groups is 1. The number of thioether (sulfide) groups is 1. The summed E-state index contributed by atoms with van der Waals surface area (Å²) in [5, 5.41) is 3.20. The summed E-state index contributed by atoms with van der Waals surface area (Å²) < 4.78 is 0. The second-order valence-electron chi connectivity index (χ2n) is 6.50. The molecule has 5 heteroatoms. The zero-order valence-electron chi connectivity index (χ0n) is 14.6. The monoisotopic (exact) mass is 355 g/mol. The molecule has 1 amide bonds. The van der Waals surface area contributed by atoms with Crippen LogP contribution in [0.1, 0.15) is 24.0 Å². The molecular formula is C20H25N3OS. The highest BCUT2D eigenvalue weighted by Crippen LogP contribution is 2.16. The van der Waals surface area contributed by atoms with Crippen LogP contribution in [0.25, 0.3) is 0 Å². The van der Waals surface area contributed by atoms with Crippen LogP contribution in [0.3, 0.4) is 0 Å². The number of hydrogen-bond donors (Lipinski definition) is 1. The van der Waals surface area contributed by atoms with Crippen molar-refractivity contribution in [2.75, 3.05) is 19.3 Å². The van der Waals surface area contributed by atoms with Gasteiger partial charge in [0.2, 0.25) is 5.91 Å². The first-order valence-electron chi connectivity index (χ1n) is 8.76. The van der Waals surface area contributed by atoms with E-state index in [-0.39, 0.29) is 5.91 Å². The third-order valence-corrected chi connectivity index (χ3v) is 5.35. The van der Waals surface area contributed by atoms with Gasteiger partial charge in [0.15, 0.2) is 0 Å². The molecule has 1 aliphatic rings. The third-order valence-electron chi connectivity index (χ3n) is 4.61. The Balaban J connectivity index is 1.41. The summed E-state index contributed by atoms with van der Waals surface area (Å²) in [5.74, 6) is 0.127. The molecule has 2 aromatic rings. The molecular weight excluding hydrogens is 330 g/mol. The van der Waals surface area contributed by atoms with E-state index in [4.69, 9.17) is 0 Å². The Kier molecular flexibility index (Phi) is 6.48. The first-order valence-corrected chi connectivity index (χ1v) is 9.99. The van der Waals surface area contributed by atoms with E-state index in [1.165, 1.54) is 10.5 Å². The fraction of sp³-hybridized carbons (Fsp3) is 0.400. The van der Waals surface area contributed by atoms with E-state index in [1.807, 2.05) is 24.4 Å². The summed E-state index contributed by atoms with van der Waals surface area (Å²) in [7, 11) is 0. The maximum atomic E-state index is 12.3. The van der Waals surface area contributed by atoms with Crippen molar-refractivity contribution in [1.82, 2.24) is 15.2 Å². The summed E-state index contributed by atoms with van der Waals surface area (Å²) >= 11 is 1.72. The van der Waals surface area contributed by atoms with Crippen molar-refractivity contribution in [1.29, 1.82) is 0 Å². The molecule has 25 heavy (non-hydrogen) atoms. The van der Waals surface area contributed by atoms with E-state index >= 15 is 0 Å². The Morgan fingerprint density at radius 2 is 1.96 bits per heavy atom. The molecule has 2 heterocycles. The zero-order chi connectivity index (χ0) is 17.5. The molecule has 1 aromatic carbocycles. The standard InChI is InChI=1S/C20H25N3OS/c1-25-19-6-4-16(5-7-19)13-20(24)22-18-8-11-23(12-9-18)15-17-3-2-10-21-14-17/h2-7,10,14,18H,8-9,11-13,15H2,1H3,(H,22,24). The van der Waals surface area contributed by atoms with Crippen molar-refractivity contribution in [3.05, 3.63) is 59.9 Å². The lowest BCUT2D eigenvalue weighted by molar-refractivity contribution is -0.121. The van der Waals surface area contributed by atoms with Gasteiger partial charge in [-0.1, -0.05) is 18.2 Å². The molecule has 1 saturated heterocycles. The third kappa shape index (κ3) is 5.58. The molecule has 0 saturated carbocycles. The highest BCUT2D eigenvalue weighted by molar-refractivity contribution is 7.98. The Hall–Kier alpha value is -1.85. The molecule has 0 bridgehead atoms. The average molecular weight is 356 g/mol. The van der Waals surface area contributed by atoms with Crippen molar-refractivity contribution < 1.29 is 4.79 Å². The Morgan fingerprint density at radius 1 is 1.20 bits per heavy atom. The van der Waals surface area contributed by atoms with E-state index < -0.39 is 0 Å². The van der Waals surface area contributed by atoms with Crippen LogP contribution in [0, 0.1) is 0 Å². The van der Waals surface area contributed by atoms with Crippen LogP contribution in [0.2, 0.25) is 0 Å². The molecule has 0 spiro atoms. The van der Waals surface area contributed by atoms with Crippen LogP contribution < -0.4 is 5.32 Å². The van der Waals surface area contributed by atoms with Crippen LogP contribution in [0.15, 0.2) is 53.7 Å². The molecule has 1 aromatic heterocycles.